The van der Waals surface area contributed by atoms with Gasteiger partial charge in [0.2, 0.25) is 0 Å². The second-order valence-corrected chi connectivity index (χ2v) is 7.87. The van der Waals surface area contributed by atoms with Crippen molar-refractivity contribution in [3.8, 4) is 11.5 Å². The summed E-state index contributed by atoms with van der Waals surface area (Å²) < 4.78 is 17.4. The summed E-state index contributed by atoms with van der Waals surface area (Å²) in [5.74, 6) is 1.62. The molecular weight excluding hydrogens is 366 g/mol. The molecular formula is C24H31NO4. The topological polar surface area (TPSA) is 51.2 Å². The second-order valence-electron chi connectivity index (χ2n) is 7.87. The number of rotatable bonds is 8. The summed E-state index contributed by atoms with van der Waals surface area (Å²) in [4.78, 5) is 2.23. The number of aryl methyl sites for hydroxylation is 1. The Hall–Kier alpha value is -2.08. The molecule has 2 atom stereocenters. The van der Waals surface area contributed by atoms with E-state index in [4.69, 9.17) is 14.2 Å². The van der Waals surface area contributed by atoms with E-state index in [2.05, 4.69) is 42.2 Å². The van der Waals surface area contributed by atoms with Gasteiger partial charge in [-0.3, -0.25) is 4.90 Å². The molecule has 5 heteroatoms. The standard InChI is InChI=1S/C24H31NO4/c1-2-25(15-18-10-11-23-24(14-18)28-13-12-27-23)16-20(26)17-29-22-9-5-7-19-6-3-4-8-21(19)22/h3-4,6,8,10-11,14,20,22,26H,2,5,7,9,12-13,15-17H2,1H3/t20-,22-/m1/s1. The van der Waals surface area contributed by atoms with Crippen LogP contribution in [0.3, 0.4) is 0 Å². The first kappa shape index (κ1) is 20.2. The van der Waals surface area contributed by atoms with Crippen LogP contribution in [0.15, 0.2) is 42.5 Å². The summed E-state index contributed by atoms with van der Waals surface area (Å²) in [7, 11) is 0. The highest BCUT2D eigenvalue weighted by Crippen LogP contribution is 2.33. The lowest BCUT2D eigenvalue weighted by molar-refractivity contribution is -0.0284. The number of nitrogens with zero attached hydrogens (tertiary/aromatic N) is 1. The Morgan fingerprint density at radius 3 is 2.83 bits per heavy atom. The minimum atomic E-state index is -0.513. The lowest BCUT2D eigenvalue weighted by Crippen LogP contribution is -2.35. The van der Waals surface area contributed by atoms with Crippen molar-refractivity contribution in [1.29, 1.82) is 0 Å². The van der Waals surface area contributed by atoms with Gasteiger partial charge in [0.05, 0.1) is 18.8 Å². The fourth-order valence-electron chi connectivity index (χ4n) is 4.21. The van der Waals surface area contributed by atoms with Gasteiger partial charge in [0.15, 0.2) is 11.5 Å². The third kappa shape index (κ3) is 5.10. The fraction of sp³-hybridized carbons (Fsp3) is 0.500. The zero-order valence-electron chi connectivity index (χ0n) is 17.2. The van der Waals surface area contributed by atoms with Crippen molar-refractivity contribution < 1.29 is 19.3 Å². The van der Waals surface area contributed by atoms with Crippen LogP contribution in [0.5, 0.6) is 11.5 Å². The van der Waals surface area contributed by atoms with Crippen molar-refractivity contribution in [2.45, 2.75) is 44.9 Å². The van der Waals surface area contributed by atoms with Gasteiger partial charge in [0.25, 0.3) is 0 Å². The molecule has 2 aromatic carbocycles. The van der Waals surface area contributed by atoms with Crippen molar-refractivity contribution >= 4 is 0 Å². The highest BCUT2D eigenvalue weighted by Gasteiger charge is 2.22. The van der Waals surface area contributed by atoms with Crippen LogP contribution in [0.1, 0.15) is 42.6 Å². The maximum absolute atomic E-state index is 10.6. The van der Waals surface area contributed by atoms with Crippen molar-refractivity contribution in [1.82, 2.24) is 4.90 Å². The number of fused-ring (bicyclic) bond motifs is 2. The first-order valence-electron chi connectivity index (χ1n) is 10.7. The second kappa shape index (κ2) is 9.61. The van der Waals surface area contributed by atoms with Crippen LogP contribution in [-0.2, 0) is 17.7 Å². The molecule has 0 unspecified atom stereocenters. The third-order valence-corrected chi connectivity index (χ3v) is 5.73. The normalized spacial score (nSPS) is 19.1. The number of aliphatic hydroxyl groups is 1. The molecule has 1 heterocycles. The van der Waals surface area contributed by atoms with Crippen LogP contribution in [0.4, 0.5) is 0 Å². The summed E-state index contributed by atoms with van der Waals surface area (Å²) in [5, 5.41) is 10.6. The lowest BCUT2D eigenvalue weighted by atomic mass is 9.89. The van der Waals surface area contributed by atoms with Gasteiger partial charge in [-0.25, -0.2) is 0 Å². The minimum Gasteiger partial charge on any atom is -0.486 e. The summed E-state index contributed by atoms with van der Waals surface area (Å²) in [6, 6.07) is 14.6. The predicted molar refractivity (Wildman–Crippen MR) is 112 cm³/mol. The van der Waals surface area contributed by atoms with Crippen molar-refractivity contribution in [2.24, 2.45) is 0 Å². The molecule has 1 aliphatic carbocycles. The van der Waals surface area contributed by atoms with E-state index < -0.39 is 6.10 Å². The molecule has 1 aliphatic heterocycles. The van der Waals surface area contributed by atoms with Gasteiger partial charge in [-0.15, -0.1) is 0 Å². The first-order valence-corrected chi connectivity index (χ1v) is 10.7. The van der Waals surface area contributed by atoms with E-state index in [0.717, 1.165) is 49.4 Å². The Morgan fingerprint density at radius 1 is 1.14 bits per heavy atom. The molecule has 2 aliphatic rings. The van der Waals surface area contributed by atoms with Gasteiger partial charge in [-0.1, -0.05) is 37.3 Å². The molecule has 29 heavy (non-hydrogen) atoms. The van der Waals surface area contributed by atoms with Crippen LogP contribution in [0.25, 0.3) is 0 Å². The number of hydrogen-bond acceptors (Lipinski definition) is 5. The fourth-order valence-corrected chi connectivity index (χ4v) is 4.21. The lowest BCUT2D eigenvalue weighted by Gasteiger charge is -2.28. The van der Waals surface area contributed by atoms with Crippen LogP contribution in [-0.4, -0.2) is 49.0 Å². The number of ether oxygens (including phenoxy) is 3. The molecule has 0 saturated heterocycles. The highest BCUT2D eigenvalue weighted by atomic mass is 16.6. The Bertz CT molecular complexity index is 809. The van der Waals surface area contributed by atoms with Crippen LogP contribution in [0.2, 0.25) is 0 Å². The van der Waals surface area contributed by atoms with Gasteiger partial charge in [0.1, 0.15) is 13.2 Å². The molecule has 0 spiro atoms. The van der Waals surface area contributed by atoms with Crippen molar-refractivity contribution in [3.05, 3.63) is 59.2 Å². The van der Waals surface area contributed by atoms with E-state index >= 15 is 0 Å². The van der Waals surface area contributed by atoms with Gasteiger partial charge in [-0.05, 0) is 54.6 Å². The van der Waals surface area contributed by atoms with E-state index in [1.54, 1.807) is 0 Å². The van der Waals surface area contributed by atoms with Gasteiger partial charge >= 0.3 is 0 Å². The quantitative estimate of drug-likeness (QED) is 0.736. The SMILES string of the molecule is CCN(Cc1ccc2c(c1)OCCO2)C[C@@H](O)CO[C@@H]1CCCc2ccccc21. The van der Waals surface area contributed by atoms with Gasteiger partial charge in [-0.2, -0.15) is 0 Å². The number of hydrogen-bond donors (Lipinski definition) is 1. The van der Waals surface area contributed by atoms with Gasteiger partial charge in [0, 0.05) is 13.1 Å². The van der Waals surface area contributed by atoms with E-state index in [9.17, 15) is 5.11 Å². The molecule has 0 radical (unpaired) electrons. The largest absolute Gasteiger partial charge is 0.486 e. The number of likely N-dealkylation sites (N-methyl/N-ethyl adjacent to an activating group) is 1. The molecule has 0 fully saturated rings. The Balaban J connectivity index is 1.30. The van der Waals surface area contributed by atoms with E-state index in [-0.39, 0.29) is 6.10 Å². The summed E-state index contributed by atoms with van der Waals surface area (Å²) >= 11 is 0. The number of aliphatic hydroxyl groups excluding tert-OH is 1. The Kier molecular flexibility index (Phi) is 6.70. The predicted octanol–water partition coefficient (Wildman–Crippen LogP) is 3.73. The molecule has 0 bridgehead atoms. The molecule has 156 valence electrons. The zero-order valence-corrected chi connectivity index (χ0v) is 17.2. The monoisotopic (exact) mass is 397 g/mol. The average molecular weight is 398 g/mol. The minimum absolute atomic E-state index is 0.0995. The molecule has 4 rings (SSSR count). The maximum atomic E-state index is 10.6. The van der Waals surface area contributed by atoms with E-state index in [1.807, 2.05) is 12.1 Å². The number of benzene rings is 2. The van der Waals surface area contributed by atoms with E-state index in [0.29, 0.717) is 26.4 Å². The molecule has 0 saturated carbocycles. The van der Waals surface area contributed by atoms with Crippen molar-refractivity contribution in [2.75, 3.05) is 32.9 Å². The molecule has 2 aromatic rings. The van der Waals surface area contributed by atoms with Crippen molar-refractivity contribution in [3.63, 3.8) is 0 Å². The Labute approximate surface area is 173 Å². The van der Waals surface area contributed by atoms with E-state index in [1.165, 1.54) is 11.1 Å². The molecule has 0 amide bonds. The van der Waals surface area contributed by atoms with Crippen LogP contribution >= 0.6 is 0 Å². The molecule has 1 N–H and O–H groups in total. The molecule has 5 nitrogen and oxygen atoms in total. The van der Waals surface area contributed by atoms with Gasteiger partial charge < -0.3 is 19.3 Å². The van der Waals surface area contributed by atoms with Crippen LogP contribution < -0.4 is 9.47 Å². The molecule has 0 aromatic heterocycles. The summed E-state index contributed by atoms with van der Waals surface area (Å²) in [6.07, 6.45) is 2.88. The highest BCUT2D eigenvalue weighted by molar-refractivity contribution is 5.43. The third-order valence-electron chi connectivity index (χ3n) is 5.73. The maximum Gasteiger partial charge on any atom is 0.161 e. The summed E-state index contributed by atoms with van der Waals surface area (Å²) in [6.45, 7) is 5.87. The van der Waals surface area contributed by atoms with Crippen LogP contribution in [0, 0.1) is 0 Å². The first-order chi connectivity index (χ1) is 14.2. The smallest absolute Gasteiger partial charge is 0.161 e. The zero-order chi connectivity index (χ0) is 20.1. The summed E-state index contributed by atoms with van der Waals surface area (Å²) in [5.41, 5.74) is 3.83. The average Bonchev–Trinajstić information content (AvgIpc) is 2.77. The Morgan fingerprint density at radius 2 is 1.97 bits per heavy atom.